The summed E-state index contributed by atoms with van der Waals surface area (Å²) >= 11 is 0. The highest BCUT2D eigenvalue weighted by molar-refractivity contribution is 5.91. The van der Waals surface area contributed by atoms with Crippen molar-refractivity contribution in [1.82, 2.24) is 15.3 Å². The standard InChI is InChI=1S/C20H20N4O/c1-13-7-3-4-8-16(13)19-22-18-10-6-5-9-17(18)20(23-19)24-11-15(12-24)21-14(2)25/h3-10,15H,11-12H2,1-2H3,(H,21,25). The first-order chi connectivity index (χ1) is 12.1. The van der Waals surface area contributed by atoms with Crippen LogP contribution in [0.15, 0.2) is 48.5 Å². The molecule has 1 aliphatic rings. The Kier molecular flexibility index (Phi) is 3.84. The minimum atomic E-state index is 0.0118. The van der Waals surface area contributed by atoms with Gasteiger partial charge in [0, 0.05) is 31.0 Å². The van der Waals surface area contributed by atoms with Gasteiger partial charge in [0.15, 0.2) is 5.82 Å². The molecule has 1 amide bonds. The zero-order chi connectivity index (χ0) is 17.4. The Morgan fingerprint density at radius 3 is 2.56 bits per heavy atom. The van der Waals surface area contributed by atoms with Gasteiger partial charge in [0.1, 0.15) is 5.82 Å². The smallest absolute Gasteiger partial charge is 0.217 e. The fraction of sp³-hybridized carbons (Fsp3) is 0.250. The molecule has 2 heterocycles. The molecule has 1 aromatic heterocycles. The molecule has 3 aromatic rings. The first kappa shape index (κ1) is 15.6. The van der Waals surface area contributed by atoms with Gasteiger partial charge in [-0.25, -0.2) is 9.97 Å². The number of nitrogens with zero attached hydrogens (tertiary/aromatic N) is 3. The maximum absolute atomic E-state index is 11.2. The Morgan fingerprint density at radius 2 is 1.80 bits per heavy atom. The predicted octanol–water partition coefficient (Wildman–Crippen LogP) is 2.93. The van der Waals surface area contributed by atoms with Crippen LogP contribution in [0.4, 0.5) is 5.82 Å². The molecule has 1 N–H and O–H groups in total. The van der Waals surface area contributed by atoms with Crippen LogP contribution in [-0.2, 0) is 4.79 Å². The Morgan fingerprint density at radius 1 is 1.08 bits per heavy atom. The summed E-state index contributed by atoms with van der Waals surface area (Å²) in [5.74, 6) is 1.69. The van der Waals surface area contributed by atoms with E-state index in [0.717, 1.165) is 46.8 Å². The molecule has 0 radical (unpaired) electrons. The molecule has 4 rings (SSSR count). The van der Waals surface area contributed by atoms with Crippen LogP contribution in [-0.4, -0.2) is 35.0 Å². The number of rotatable bonds is 3. The van der Waals surface area contributed by atoms with Crippen molar-refractivity contribution in [3.63, 3.8) is 0 Å². The lowest BCUT2D eigenvalue weighted by Gasteiger charge is -2.40. The Hall–Kier alpha value is -2.95. The van der Waals surface area contributed by atoms with Crippen molar-refractivity contribution in [2.75, 3.05) is 18.0 Å². The number of fused-ring (bicyclic) bond motifs is 1. The van der Waals surface area contributed by atoms with Gasteiger partial charge in [-0.05, 0) is 24.6 Å². The lowest BCUT2D eigenvalue weighted by molar-refractivity contribution is -0.119. The summed E-state index contributed by atoms with van der Waals surface area (Å²) in [6.07, 6.45) is 0. The second kappa shape index (κ2) is 6.16. The molecule has 5 heteroatoms. The van der Waals surface area contributed by atoms with Gasteiger partial charge in [-0.3, -0.25) is 4.79 Å². The van der Waals surface area contributed by atoms with Crippen molar-refractivity contribution in [3.05, 3.63) is 54.1 Å². The van der Waals surface area contributed by atoms with E-state index in [2.05, 4.69) is 35.3 Å². The van der Waals surface area contributed by atoms with Gasteiger partial charge in [0.2, 0.25) is 5.91 Å². The molecule has 1 aliphatic heterocycles. The van der Waals surface area contributed by atoms with Gasteiger partial charge in [-0.15, -0.1) is 0 Å². The maximum atomic E-state index is 11.2. The molecule has 25 heavy (non-hydrogen) atoms. The van der Waals surface area contributed by atoms with Crippen molar-refractivity contribution >= 4 is 22.6 Å². The number of aromatic nitrogens is 2. The first-order valence-electron chi connectivity index (χ1n) is 8.46. The molecule has 5 nitrogen and oxygen atoms in total. The number of aryl methyl sites for hydroxylation is 1. The largest absolute Gasteiger partial charge is 0.352 e. The topological polar surface area (TPSA) is 58.1 Å². The van der Waals surface area contributed by atoms with Crippen molar-refractivity contribution in [2.45, 2.75) is 19.9 Å². The zero-order valence-electron chi connectivity index (χ0n) is 14.4. The highest BCUT2D eigenvalue weighted by Crippen LogP contribution is 2.31. The number of anilines is 1. The van der Waals surface area contributed by atoms with Crippen molar-refractivity contribution in [3.8, 4) is 11.4 Å². The van der Waals surface area contributed by atoms with Crippen molar-refractivity contribution < 1.29 is 4.79 Å². The van der Waals surface area contributed by atoms with Crippen LogP contribution < -0.4 is 10.2 Å². The molecular formula is C20H20N4O. The fourth-order valence-electron chi connectivity index (χ4n) is 3.28. The van der Waals surface area contributed by atoms with Crippen LogP contribution in [0, 0.1) is 6.92 Å². The molecule has 0 bridgehead atoms. The van der Waals surface area contributed by atoms with Crippen LogP contribution in [0.2, 0.25) is 0 Å². The molecular weight excluding hydrogens is 312 g/mol. The van der Waals surface area contributed by atoms with Crippen LogP contribution >= 0.6 is 0 Å². The van der Waals surface area contributed by atoms with E-state index in [4.69, 9.17) is 9.97 Å². The highest BCUT2D eigenvalue weighted by Gasteiger charge is 2.30. The minimum Gasteiger partial charge on any atom is -0.352 e. The van der Waals surface area contributed by atoms with Crippen LogP contribution in [0.3, 0.4) is 0 Å². The van der Waals surface area contributed by atoms with E-state index in [1.807, 2.05) is 30.3 Å². The number of amides is 1. The number of carbonyl (C=O) groups is 1. The van der Waals surface area contributed by atoms with Gasteiger partial charge in [-0.2, -0.15) is 0 Å². The van der Waals surface area contributed by atoms with E-state index in [1.165, 1.54) is 0 Å². The van der Waals surface area contributed by atoms with Gasteiger partial charge >= 0.3 is 0 Å². The summed E-state index contributed by atoms with van der Waals surface area (Å²) in [5, 5.41) is 4.00. The fourth-order valence-corrected chi connectivity index (χ4v) is 3.28. The van der Waals surface area contributed by atoms with Gasteiger partial charge < -0.3 is 10.2 Å². The number of hydrogen-bond acceptors (Lipinski definition) is 4. The summed E-state index contributed by atoms with van der Waals surface area (Å²) < 4.78 is 0. The zero-order valence-corrected chi connectivity index (χ0v) is 14.4. The monoisotopic (exact) mass is 332 g/mol. The molecule has 1 fully saturated rings. The first-order valence-corrected chi connectivity index (χ1v) is 8.46. The third kappa shape index (κ3) is 2.93. The van der Waals surface area contributed by atoms with Gasteiger partial charge in [0.05, 0.1) is 11.6 Å². The number of benzene rings is 2. The van der Waals surface area contributed by atoms with E-state index in [-0.39, 0.29) is 11.9 Å². The SMILES string of the molecule is CC(=O)NC1CN(c2nc(-c3ccccc3C)nc3ccccc23)C1. The molecule has 0 unspecified atom stereocenters. The van der Waals surface area contributed by atoms with E-state index in [9.17, 15) is 4.79 Å². The molecule has 1 saturated heterocycles. The number of nitrogens with one attached hydrogen (secondary N) is 1. The average molecular weight is 332 g/mol. The molecule has 0 saturated carbocycles. The number of hydrogen-bond donors (Lipinski definition) is 1. The van der Waals surface area contributed by atoms with Crippen molar-refractivity contribution in [2.24, 2.45) is 0 Å². The summed E-state index contributed by atoms with van der Waals surface area (Å²) in [5.41, 5.74) is 3.14. The predicted molar refractivity (Wildman–Crippen MR) is 99.5 cm³/mol. The Labute approximate surface area is 146 Å². The molecule has 0 aliphatic carbocycles. The van der Waals surface area contributed by atoms with E-state index in [1.54, 1.807) is 6.92 Å². The summed E-state index contributed by atoms with van der Waals surface area (Å²) in [6.45, 7) is 5.17. The Balaban J connectivity index is 1.76. The maximum Gasteiger partial charge on any atom is 0.217 e. The normalized spacial score (nSPS) is 14.4. The summed E-state index contributed by atoms with van der Waals surface area (Å²) in [6, 6.07) is 16.4. The minimum absolute atomic E-state index is 0.0118. The van der Waals surface area contributed by atoms with Gasteiger partial charge in [0.25, 0.3) is 0 Å². The second-order valence-electron chi connectivity index (χ2n) is 6.51. The number of carbonyl (C=O) groups excluding carboxylic acids is 1. The molecule has 0 spiro atoms. The van der Waals surface area contributed by atoms with Crippen molar-refractivity contribution in [1.29, 1.82) is 0 Å². The van der Waals surface area contributed by atoms with E-state index in [0.29, 0.717) is 0 Å². The van der Waals surface area contributed by atoms with E-state index < -0.39 is 0 Å². The Bertz CT molecular complexity index is 947. The average Bonchev–Trinajstić information content (AvgIpc) is 2.57. The summed E-state index contributed by atoms with van der Waals surface area (Å²) in [7, 11) is 0. The molecule has 126 valence electrons. The van der Waals surface area contributed by atoms with E-state index >= 15 is 0 Å². The van der Waals surface area contributed by atoms with Crippen LogP contribution in [0.25, 0.3) is 22.3 Å². The van der Waals surface area contributed by atoms with Crippen LogP contribution in [0.5, 0.6) is 0 Å². The quantitative estimate of drug-likeness (QED) is 0.801. The summed E-state index contributed by atoms with van der Waals surface area (Å²) in [4.78, 5) is 23.1. The van der Waals surface area contributed by atoms with Crippen LogP contribution in [0.1, 0.15) is 12.5 Å². The third-order valence-electron chi connectivity index (χ3n) is 4.56. The molecule has 2 aromatic carbocycles. The lowest BCUT2D eigenvalue weighted by Crippen LogP contribution is -2.59. The second-order valence-corrected chi connectivity index (χ2v) is 6.51. The van der Waals surface area contributed by atoms with Gasteiger partial charge in [-0.1, -0.05) is 36.4 Å². The number of para-hydroxylation sites is 1. The lowest BCUT2D eigenvalue weighted by atomic mass is 10.1. The third-order valence-corrected chi connectivity index (χ3v) is 4.56. The highest BCUT2D eigenvalue weighted by atomic mass is 16.1. The molecule has 0 atom stereocenters.